The Balaban J connectivity index is 0.000000195. The third-order valence-corrected chi connectivity index (χ3v) is 3.98. The molecule has 0 aliphatic carbocycles. The molecule has 2 aromatic carbocycles. The van der Waals surface area contributed by atoms with Gasteiger partial charge in [-0.2, -0.15) is 0 Å². The van der Waals surface area contributed by atoms with Crippen LogP contribution in [0.1, 0.15) is 0 Å². The average Bonchev–Trinajstić information content (AvgIpc) is 2.82. The largest absolute Gasteiger partial charge is 0.867 e. The number of methoxy groups -OCH3 is 2. The zero-order valence-corrected chi connectivity index (χ0v) is 17.0. The molecule has 0 aliphatic rings. The third-order valence-electron chi connectivity index (χ3n) is 3.98. The second-order valence-corrected chi connectivity index (χ2v) is 5.98. The van der Waals surface area contributed by atoms with Crippen molar-refractivity contribution in [3.8, 4) is 11.5 Å². The van der Waals surface area contributed by atoms with Crippen molar-refractivity contribution < 1.29 is 23.8 Å². The first-order valence-electron chi connectivity index (χ1n) is 8.93. The summed E-state index contributed by atoms with van der Waals surface area (Å²) in [6.45, 7) is 0. The Morgan fingerprint density at radius 2 is 1.16 bits per heavy atom. The van der Waals surface area contributed by atoms with E-state index in [9.17, 15) is 4.32 Å². The monoisotopic (exact) mass is 434 g/mol. The summed E-state index contributed by atoms with van der Waals surface area (Å²) in [5.41, 5.74) is 2.56. The molecule has 10 nitrogen and oxygen atoms in total. The van der Waals surface area contributed by atoms with Crippen molar-refractivity contribution in [1.29, 1.82) is 10.8 Å². The summed E-state index contributed by atoms with van der Waals surface area (Å²) >= 11 is 0. The molecule has 0 spiro atoms. The van der Waals surface area contributed by atoms with Gasteiger partial charge in [-0.05, 0) is 36.4 Å². The molecule has 2 aromatic heterocycles. The molecule has 0 unspecified atom stereocenters. The highest BCUT2D eigenvalue weighted by Crippen LogP contribution is 2.23. The summed E-state index contributed by atoms with van der Waals surface area (Å²) in [5.74, 6) is 1.52. The van der Waals surface area contributed by atoms with E-state index in [-0.39, 0.29) is 0 Å². The van der Waals surface area contributed by atoms with Gasteiger partial charge < -0.3 is 23.8 Å². The summed E-state index contributed by atoms with van der Waals surface area (Å²) in [6.07, 6.45) is 3.02. The number of fused-ring (bicyclic) bond motifs is 2. The molecular formula is C20H16BFN6O4. The number of ether oxygens (including phenoxy) is 2. The normalized spacial score (nSPS) is 9.34. The van der Waals surface area contributed by atoms with E-state index in [0.29, 0.717) is 11.4 Å². The maximum absolute atomic E-state index is 9.89. The lowest BCUT2D eigenvalue weighted by molar-refractivity contribution is -0.366. The molecule has 0 aliphatic heterocycles. The van der Waals surface area contributed by atoms with Crippen molar-refractivity contribution in [3.63, 3.8) is 0 Å². The fourth-order valence-electron chi connectivity index (χ4n) is 2.56. The minimum absolute atomic E-state index is 0.436. The first-order chi connectivity index (χ1) is 15.4. The summed E-state index contributed by atoms with van der Waals surface area (Å²) in [4.78, 5) is 14.4. The predicted molar refractivity (Wildman–Crippen MR) is 113 cm³/mol. The molecule has 4 rings (SSSR count). The summed E-state index contributed by atoms with van der Waals surface area (Å²) in [7, 11) is 0.0454. The van der Waals surface area contributed by atoms with Crippen LogP contribution < -0.4 is 19.5 Å². The Bertz CT molecular complexity index is 1190. The first kappa shape index (κ1) is 23.9. The highest BCUT2D eigenvalue weighted by molar-refractivity contribution is 6.27. The van der Waals surface area contributed by atoms with Crippen molar-refractivity contribution >= 4 is 40.6 Å². The Morgan fingerprint density at radius 1 is 0.781 bits per heavy atom. The number of diazo groups is 2. The van der Waals surface area contributed by atoms with E-state index in [1.165, 1.54) is 12.4 Å². The molecule has 0 amide bonds. The molecular weight excluding hydrogens is 418 g/mol. The molecule has 160 valence electrons. The molecule has 32 heavy (non-hydrogen) atoms. The molecule has 0 saturated heterocycles. The topological polar surface area (TPSA) is 147 Å². The molecule has 0 fully saturated rings. The average molecular weight is 434 g/mol. The standard InChI is InChI=1S/2C10H8N3O.BFO2/c2*1-14-9-2-3-10-7(5-9)4-8(13-11)6-12-10;2-1(3)4/h2*2-6H,1H3;/q2*+1;-2. The quantitative estimate of drug-likeness (QED) is 0.345. The van der Waals surface area contributed by atoms with Gasteiger partial charge in [-0.15, -0.1) is 0 Å². The van der Waals surface area contributed by atoms with E-state index in [1.54, 1.807) is 26.4 Å². The molecule has 4 aromatic rings. The van der Waals surface area contributed by atoms with Crippen molar-refractivity contribution in [3.05, 3.63) is 70.9 Å². The minimum atomic E-state index is -3.17. The van der Waals surface area contributed by atoms with Crippen LogP contribution in [0.15, 0.2) is 60.9 Å². The molecule has 0 saturated carbocycles. The van der Waals surface area contributed by atoms with E-state index in [2.05, 4.69) is 19.9 Å². The van der Waals surface area contributed by atoms with Crippen LogP contribution in [0.4, 0.5) is 15.7 Å². The number of pyridine rings is 2. The van der Waals surface area contributed by atoms with Gasteiger partial charge in [0.25, 0.3) is 0 Å². The number of nitrogens with zero attached hydrogens (tertiary/aromatic N) is 6. The van der Waals surface area contributed by atoms with Gasteiger partial charge in [-0.3, -0.25) is 0 Å². The Labute approximate surface area is 182 Å². The van der Waals surface area contributed by atoms with Crippen LogP contribution >= 0.6 is 0 Å². The van der Waals surface area contributed by atoms with Crippen LogP contribution in [-0.2, 0) is 0 Å². The van der Waals surface area contributed by atoms with Crippen LogP contribution in [0.25, 0.3) is 31.8 Å². The van der Waals surface area contributed by atoms with Crippen LogP contribution in [0.3, 0.4) is 0 Å². The van der Waals surface area contributed by atoms with E-state index in [1.807, 2.05) is 36.4 Å². The molecule has 0 radical (unpaired) electrons. The predicted octanol–water partition coefficient (Wildman–Crippen LogP) is 3.12. The van der Waals surface area contributed by atoms with Gasteiger partial charge in [0.1, 0.15) is 31.3 Å². The molecule has 0 bridgehead atoms. The summed E-state index contributed by atoms with van der Waals surface area (Å²) in [5, 5.41) is 35.5. The molecule has 2 heterocycles. The van der Waals surface area contributed by atoms with Crippen molar-refractivity contribution in [2.24, 2.45) is 0 Å². The fourth-order valence-corrected chi connectivity index (χ4v) is 2.56. The van der Waals surface area contributed by atoms with Crippen LogP contribution in [-0.4, -0.2) is 31.6 Å². The number of hydrogen-bond acceptors (Lipinski definition) is 8. The lowest BCUT2D eigenvalue weighted by Crippen LogP contribution is -2.39. The van der Waals surface area contributed by atoms with Gasteiger partial charge in [0.2, 0.25) is 10.8 Å². The highest BCUT2D eigenvalue weighted by Gasteiger charge is 2.07. The number of hydrogen-bond donors (Lipinski definition) is 0. The van der Waals surface area contributed by atoms with Gasteiger partial charge in [-0.25, -0.2) is 9.97 Å². The van der Waals surface area contributed by atoms with Crippen LogP contribution in [0, 0.1) is 10.8 Å². The van der Waals surface area contributed by atoms with Gasteiger partial charge in [-0.1, -0.05) is 0 Å². The van der Waals surface area contributed by atoms with Gasteiger partial charge in [0, 0.05) is 22.9 Å². The number of aromatic nitrogens is 2. The van der Waals surface area contributed by atoms with E-state index < -0.39 is 7.40 Å². The Kier molecular flexibility index (Phi) is 8.74. The number of rotatable bonds is 2. The Hall–Kier alpha value is -4.39. The van der Waals surface area contributed by atoms with Crippen LogP contribution in [0.5, 0.6) is 11.5 Å². The van der Waals surface area contributed by atoms with E-state index >= 15 is 0 Å². The van der Waals surface area contributed by atoms with Gasteiger partial charge in [0.05, 0.1) is 25.3 Å². The summed E-state index contributed by atoms with van der Waals surface area (Å²) < 4.78 is 20.0. The Morgan fingerprint density at radius 3 is 1.47 bits per heavy atom. The smallest absolute Gasteiger partial charge is 0.403 e. The third kappa shape index (κ3) is 6.85. The van der Waals surface area contributed by atoms with E-state index in [4.69, 9.17) is 30.3 Å². The number of halogens is 1. The van der Waals surface area contributed by atoms with Crippen LogP contribution in [0.2, 0.25) is 0 Å². The lowest BCUT2D eigenvalue weighted by atomic mass is 10.2. The zero-order chi connectivity index (χ0) is 23.5. The SMILES string of the molecule is COc1ccc2ncc([N+]#N)cc2c1.COc1ccc2ncc([N+]#N)cc2c1.[O-]B([O-])F. The van der Waals surface area contributed by atoms with Crippen molar-refractivity contribution in [2.75, 3.05) is 14.2 Å². The molecule has 12 heteroatoms. The van der Waals surface area contributed by atoms with E-state index in [0.717, 1.165) is 33.3 Å². The van der Waals surface area contributed by atoms with Gasteiger partial charge in [0.15, 0.2) is 9.95 Å². The minimum Gasteiger partial charge on any atom is -0.867 e. The maximum atomic E-state index is 9.89. The van der Waals surface area contributed by atoms with Gasteiger partial charge >= 0.3 is 11.4 Å². The highest BCUT2D eigenvalue weighted by atomic mass is 19.1. The zero-order valence-electron chi connectivity index (χ0n) is 17.0. The fraction of sp³-hybridized carbons (Fsp3) is 0.100. The van der Waals surface area contributed by atoms with Crippen molar-refractivity contribution in [1.82, 2.24) is 9.97 Å². The first-order valence-corrected chi connectivity index (χ1v) is 8.93. The maximum Gasteiger partial charge on any atom is 0.403 e. The second kappa shape index (κ2) is 11.7. The van der Waals surface area contributed by atoms with Crippen molar-refractivity contribution in [2.45, 2.75) is 0 Å². The molecule has 0 N–H and O–H groups in total. The lowest BCUT2D eigenvalue weighted by Gasteiger charge is -2.09. The molecule has 0 atom stereocenters. The number of benzene rings is 2. The second-order valence-electron chi connectivity index (χ2n) is 5.98. The summed E-state index contributed by atoms with van der Waals surface area (Å²) in [6, 6.07) is 14.6.